The number of benzene rings is 2. The third kappa shape index (κ3) is 4.45. The summed E-state index contributed by atoms with van der Waals surface area (Å²) >= 11 is 0. The number of amides is 1. The van der Waals surface area contributed by atoms with Gasteiger partial charge < -0.3 is 9.88 Å². The van der Waals surface area contributed by atoms with E-state index in [-0.39, 0.29) is 17.9 Å². The minimum Gasteiger partial charge on any atom is -0.331 e. The Bertz CT molecular complexity index is 1600. The maximum Gasteiger partial charge on any atom is 0.252 e. The average Bonchev–Trinajstić information content (AvgIpc) is 3.68. The molecule has 1 aliphatic heterocycles. The molecule has 5 aromatic rings. The Morgan fingerprint density at radius 2 is 1.71 bits per heavy atom. The lowest BCUT2D eigenvalue weighted by Crippen LogP contribution is -2.40. The van der Waals surface area contributed by atoms with Gasteiger partial charge in [0.1, 0.15) is 23.5 Å². The average molecular weight is 510 g/mol. The highest BCUT2D eigenvalue weighted by Gasteiger charge is 2.28. The van der Waals surface area contributed by atoms with Crippen LogP contribution in [-0.2, 0) is 7.05 Å². The summed E-state index contributed by atoms with van der Waals surface area (Å²) in [7, 11) is 1.94. The van der Waals surface area contributed by atoms with Crippen LogP contribution in [0.4, 0.5) is 4.39 Å². The van der Waals surface area contributed by atoms with Gasteiger partial charge in [-0.2, -0.15) is 5.10 Å². The summed E-state index contributed by atoms with van der Waals surface area (Å²) in [6.07, 6.45) is 3.69. The van der Waals surface area contributed by atoms with E-state index in [1.807, 2.05) is 67.2 Å². The fourth-order valence-electron chi connectivity index (χ4n) is 5.02. The molecule has 38 heavy (non-hydrogen) atoms. The van der Waals surface area contributed by atoms with Gasteiger partial charge in [-0.3, -0.25) is 9.69 Å². The number of halogens is 1. The van der Waals surface area contributed by atoms with Gasteiger partial charge in [0.15, 0.2) is 5.65 Å². The van der Waals surface area contributed by atoms with Gasteiger partial charge in [0.2, 0.25) is 0 Å². The van der Waals surface area contributed by atoms with Crippen molar-refractivity contribution < 1.29 is 9.18 Å². The molecule has 192 valence electrons. The smallest absolute Gasteiger partial charge is 0.252 e. The van der Waals surface area contributed by atoms with E-state index < -0.39 is 0 Å². The molecule has 1 atom stereocenters. The molecule has 0 spiro atoms. The number of nitrogens with zero attached hydrogens (tertiary/aromatic N) is 6. The van der Waals surface area contributed by atoms with Crippen LogP contribution in [0.5, 0.6) is 0 Å². The second-order valence-electron chi connectivity index (χ2n) is 9.59. The molecule has 1 fully saturated rings. The van der Waals surface area contributed by atoms with Gasteiger partial charge in [-0.1, -0.05) is 18.2 Å². The predicted molar refractivity (Wildman–Crippen MR) is 143 cm³/mol. The lowest BCUT2D eigenvalue weighted by molar-refractivity contribution is 0.0868. The zero-order valence-corrected chi connectivity index (χ0v) is 21.3. The van der Waals surface area contributed by atoms with E-state index in [9.17, 15) is 9.18 Å². The molecule has 0 saturated carbocycles. The van der Waals surface area contributed by atoms with Crippen molar-refractivity contribution in [2.24, 2.45) is 7.05 Å². The van der Waals surface area contributed by atoms with E-state index >= 15 is 0 Å². The fourth-order valence-corrected chi connectivity index (χ4v) is 5.02. The highest BCUT2D eigenvalue weighted by atomic mass is 19.1. The van der Waals surface area contributed by atoms with Gasteiger partial charge in [-0.25, -0.2) is 18.9 Å². The van der Waals surface area contributed by atoms with Crippen molar-refractivity contribution in [3.05, 3.63) is 95.8 Å². The summed E-state index contributed by atoms with van der Waals surface area (Å²) < 4.78 is 17.3. The van der Waals surface area contributed by atoms with Crippen molar-refractivity contribution >= 4 is 11.6 Å². The molecule has 0 radical (unpaired) electrons. The Morgan fingerprint density at radius 1 is 0.974 bits per heavy atom. The normalized spacial score (nSPS) is 14.7. The number of carbonyl (C=O) groups is 1. The van der Waals surface area contributed by atoms with Crippen molar-refractivity contribution in [3.63, 3.8) is 0 Å². The molecule has 1 saturated heterocycles. The number of fused-ring (bicyclic) bond motifs is 1. The number of imidazole rings is 2. The first-order valence-electron chi connectivity index (χ1n) is 12.7. The maximum absolute atomic E-state index is 13.6. The van der Waals surface area contributed by atoms with Crippen molar-refractivity contribution in [2.75, 3.05) is 13.1 Å². The summed E-state index contributed by atoms with van der Waals surface area (Å²) in [5, 5.41) is 8.06. The predicted octanol–water partition coefficient (Wildman–Crippen LogP) is 4.77. The third-order valence-electron chi connectivity index (χ3n) is 7.11. The molecule has 3 aromatic heterocycles. The number of hydrogen-bond acceptors (Lipinski definition) is 5. The standard InChI is InChI=1S/C29H28FN7O/c1-19-31-26(20-10-12-22(30)13-11-20)27(35(19)2)23-14-15-25-32-24(18-37(25)34-23)28(36-16-6-7-17-36)33-29(38)21-8-4-3-5-9-21/h3-5,8-15,18,28H,6-7,16-17H2,1-2H3,(H,33,38). The first-order valence-corrected chi connectivity index (χ1v) is 12.7. The molecule has 2 aromatic carbocycles. The lowest BCUT2D eigenvalue weighted by atomic mass is 10.1. The van der Waals surface area contributed by atoms with Crippen LogP contribution in [-0.4, -0.2) is 48.0 Å². The molecule has 0 aliphatic carbocycles. The van der Waals surface area contributed by atoms with Gasteiger partial charge in [0.25, 0.3) is 5.91 Å². The van der Waals surface area contributed by atoms with Crippen LogP contribution in [0, 0.1) is 12.7 Å². The second-order valence-corrected chi connectivity index (χ2v) is 9.59. The Balaban J connectivity index is 1.38. The summed E-state index contributed by atoms with van der Waals surface area (Å²) in [4.78, 5) is 24.9. The van der Waals surface area contributed by atoms with Gasteiger partial charge in [0, 0.05) is 31.3 Å². The quantitative estimate of drug-likeness (QED) is 0.357. The van der Waals surface area contributed by atoms with E-state index in [4.69, 9.17) is 15.1 Å². The number of nitrogens with one attached hydrogen (secondary N) is 1. The second kappa shape index (κ2) is 9.83. The monoisotopic (exact) mass is 509 g/mol. The molecule has 1 N–H and O–H groups in total. The summed E-state index contributed by atoms with van der Waals surface area (Å²) in [5.41, 5.74) is 5.14. The Kier molecular flexibility index (Phi) is 6.21. The van der Waals surface area contributed by atoms with Crippen molar-refractivity contribution in [3.8, 4) is 22.6 Å². The van der Waals surface area contributed by atoms with E-state index in [0.717, 1.165) is 60.1 Å². The Morgan fingerprint density at radius 3 is 2.45 bits per heavy atom. The largest absolute Gasteiger partial charge is 0.331 e. The van der Waals surface area contributed by atoms with Crippen LogP contribution in [0.25, 0.3) is 28.3 Å². The summed E-state index contributed by atoms with van der Waals surface area (Å²) in [5.74, 6) is 0.396. The molecule has 1 unspecified atom stereocenters. The molecule has 1 amide bonds. The van der Waals surface area contributed by atoms with Crippen LogP contribution in [0.3, 0.4) is 0 Å². The minimum atomic E-state index is -0.357. The first-order chi connectivity index (χ1) is 18.5. The zero-order chi connectivity index (χ0) is 26.2. The highest BCUT2D eigenvalue weighted by molar-refractivity contribution is 5.94. The molecular formula is C29H28FN7O. The maximum atomic E-state index is 13.6. The van der Waals surface area contributed by atoms with Gasteiger partial charge in [0.05, 0.1) is 23.3 Å². The van der Waals surface area contributed by atoms with Crippen LogP contribution in [0.15, 0.2) is 72.9 Å². The van der Waals surface area contributed by atoms with Crippen LogP contribution < -0.4 is 5.32 Å². The van der Waals surface area contributed by atoms with Crippen molar-refractivity contribution in [2.45, 2.75) is 25.9 Å². The molecule has 4 heterocycles. The molecule has 8 nitrogen and oxygen atoms in total. The van der Waals surface area contributed by atoms with Crippen LogP contribution in [0.2, 0.25) is 0 Å². The Hall–Kier alpha value is -4.37. The Labute approximate surface area is 219 Å². The van der Waals surface area contributed by atoms with E-state index in [1.54, 1.807) is 16.6 Å². The SMILES string of the molecule is Cc1nc(-c2ccc(F)cc2)c(-c2ccc3nc(C(NC(=O)c4ccccc4)N4CCCC4)cn3n2)n1C. The van der Waals surface area contributed by atoms with E-state index in [0.29, 0.717) is 11.2 Å². The topological polar surface area (TPSA) is 80.3 Å². The number of rotatable bonds is 6. The van der Waals surface area contributed by atoms with Gasteiger partial charge >= 0.3 is 0 Å². The lowest BCUT2D eigenvalue weighted by Gasteiger charge is -2.26. The molecule has 9 heteroatoms. The molecule has 0 bridgehead atoms. The van der Waals surface area contributed by atoms with Gasteiger partial charge in [-0.05, 0) is 68.3 Å². The number of aryl methyl sites for hydroxylation is 1. The van der Waals surface area contributed by atoms with E-state index in [1.165, 1.54) is 12.1 Å². The summed E-state index contributed by atoms with van der Waals surface area (Å²) in [6, 6.07) is 19.4. The summed E-state index contributed by atoms with van der Waals surface area (Å²) in [6.45, 7) is 3.71. The number of aromatic nitrogens is 5. The molecule has 1 aliphatic rings. The number of likely N-dealkylation sites (tertiary alicyclic amines) is 1. The molecular weight excluding hydrogens is 481 g/mol. The van der Waals surface area contributed by atoms with Crippen molar-refractivity contribution in [1.82, 2.24) is 34.4 Å². The minimum absolute atomic E-state index is 0.137. The van der Waals surface area contributed by atoms with Crippen LogP contribution in [0.1, 0.15) is 40.9 Å². The zero-order valence-electron chi connectivity index (χ0n) is 21.3. The molecule has 6 rings (SSSR count). The third-order valence-corrected chi connectivity index (χ3v) is 7.11. The highest BCUT2D eigenvalue weighted by Crippen LogP contribution is 2.32. The van der Waals surface area contributed by atoms with Gasteiger partial charge in [-0.15, -0.1) is 0 Å². The number of hydrogen-bond donors (Lipinski definition) is 1. The van der Waals surface area contributed by atoms with E-state index in [2.05, 4.69) is 10.2 Å². The number of carbonyl (C=O) groups excluding carboxylic acids is 1. The first kappa shape index (κ1) is 24.0. The van der Waals surface area contributed by atoms with Crippen LogP contribution >= 0.6 is 0 Å². The fraction of sp³-hybridized carbons (Fsp3) is 0.241. The van der Waals surface area contributed by atoms with Crippen molar-refractivity contribution in [1.29, 1.82) is 0 Å².